The molecule has 132 valence electrons. The van der Waals surface area contributed by atoms with Gasteiger partial charge in [0, 0.05) is 19.3 Å². The summed E-state index contributed by atoms with van der Waals surface area (Å²) in [7, 11) is 1.39. The van der Waals surface area contributed by atoms with E-state index >= 15 is 0 Å². The van der Waals surface area contributed by atoms with Crippen molar-refractivity contribution in [2.45, 2.75) is 70.8 Å². The maximum absolute atomic E-state index is 11.0. The number of aliphatic hydroxyl groups excluding tert-OH is 1. The fraction of sp³-hybridized carbons (Fsp3) is 0.571. The van der Waals surface area contributed by atoms with Gasteiger partial charge in [0.05, 0.1) is 13.2 Å². The van der Waals surface area contributed by atoms with E-state index in [9.17, 15) is 9.90 Å². The lowest BCUT2D eigenvalue weighted by atomic mass is 9.96. The molecule has 0 aliphatic rings. The Labute approximate surface area is 146 Å². The van der Waals surface area contributed by atoms with E-state index in [1.165, 1.54) is 31.9 Å². The van der Waals surface area contributed by atoms with Gasteiger partial charge in [-0.1, -0.05) is 50.5 Å². The van der Waals surface area contributed by atoms with Gasteiger partial charge in [-0.2, -0.15) is 0 Å². The van der Waals surface area contributed by atoms with Crippen molar-refractivity contribution in [1.82, 2.24) is 0 Å². The number of carbonyl (C=O) groups excluding carboxylic acids is 1. The van der Waals surface area contributed by atoms with Crippen molar-refractivity contribution < 1.29 is 14.6 Å². The molecule has 0 aromatic heterocycles. The van der Waals surface area contributed by atoms with Crippen LogP contribution >= 0.6 is 0 Å². The summed E-state index contributed by atoms with van der Waals surface area (Å²) in [4.78, 5) is 11.0. The Hall–Kier alpha value is -1.79. The molecule has 0 fully saturated rings. The molecular weight excluding hydrogens is 300 g/mol. The summed E-state index contributed by atoms with van der Waals surface area (Å²) >= 11 is 0. The van der Waals surface area contributed by atoms with Crippen LogP contribution in [0.4, 0.5) is 0 Å². The second-order valence-electron chi connectivity index (χ2n) is 6.01. The average molecular weight is 330 g/mol. The van der Waals surface area contributed by atoms with Crippen LogP contribution < -0.4 is 0 Å². The standard InChI is InChI=1S/C21H30O3/c1-3-4-5-8-13-18-14-11-12-15-19(18)20(22)16-9-6-7-10-17-21(23)24-2/h11-12,14-15,20,22H,3-5,7-8,10,13,16-17H2,1-2H3. The highest BCUT2D eigenvalue weighted by Crippen LogP contribution is 2.22. The molecule has 1 rings (SSSR count). The van der Waals surface area contributed by atoms with Gasteiger partial charge >= 0.3 is 5.97 Å². The van der Waals surface area contributed by atoms with Crippen molar-refractivity contribution in [3.8, 4) is 11.8 Å². The molecule has 24 heavy (non-hydrogen) atoms. The Balaban J connectivity index is 2.44. The van der Waals surface area contributed by atoms with Crippen molar-refractivity contribution in [3.63, 3.8) is 0 Å². The highest BCUT2D eigenvalue weighted by Gasteiger charge is 2.10. The molecule has 0 spiro atoms. The average Bonchev–Trinajstić information content (AvgIpc) is 2.61. The first-order valence-corrected chi connectivity index (χ1v) is 8.97. The van der Waals surface area contributed by atoms with Gasteiger partial charge in [-0.05, 0) is 30.4 Å². The van der Waals surface area contributed by atoms with Crippen LogP contribution in [-0.2, 0) is 16.0 Å². The topological polar surface area (TPSA) is 46.5 Å². The minimum Gasteiger partial charge on any atom is -0.469 e. The van der Waals surface area contributed by atoms with Crippen molar-refractivity contribution in [1.29, 1.82) is 0 Å². The van der Waals surface area contributed by atoms with Gasteiger partial charge in [-0.3, -0.25) is 4.79 Å². The minimum atomic E-state index is -0.541. The molecular formula is C21H30O3. The zero-order valence-electron chi connectivity index (χ0n) is 15.0. The number of unbranched alkanes of at least 4 members (excludes halogenated alkanes) is 4. The molecule has 1 N–H and O–H groups in total. The lowest BCUT2D eigenvalue weighted by Gasteiger charge is -2.13. The lowest BCUT2D eigenvalue weighted by Crippen LogP contribution is -2.02. The number of aryl methyl sites for hydroxylation is 1. The number of ether oxygens (including phenoxy) is 1. The van der Waals surface area contributed by atoms with E-state index in [4.69, 9.17) is 0 Å². The van der Waals surface area contributed by atoms with Crippen LogP contribution in [-0.4, -0.2) is 18.2 Å². The van der Waals surface area contributed by atoms with Gasteiger partial charge in [0.2, 0.25) is 0 Å². The Morgan fingerprint density at radius 3 is 2.71 bits per heavy atom. The number of carbonyl (C=O) groups is 1. The normalized spacial score (nSPS) is 11.5. The highest BCUT2D eigenvalue weighted by atomic mass is 16.5. The van der Waals surface area contributed by atoms with Crippen molar-refractivity contribution in [2.75, 3.05) is 7.11 Å². The Morgan fingerprint density at radius 1 is 1.17 bits per heavy atom. The molecule has 3 nitrogen and oxygen atoms in total. The second kappa shape index (κ2) is 12.6. The van der Waals surface area contributed by atoms with Crippen LogP contribution in [0.25, 0.3) is 0 Å². The molecule has 1 aromatic rings. The quantitative estimate of drug-likeness (QED) is 0.388. The van der Waals surface area contributed by atoms with Crippen LogP contribution in [0.1, 0.15) is 75.5 Å². The SMILES string of the molecule is CCCCCCc1ccccc1C(O)CC#CCCCC(=O)OC. The summed E-state index contributed by atoms with van der Waals surface area (Å²) in [6, 6.07) is 8.11. The first-order chi connectivity index (χ1) is 11.7. The number of methoxy groups -OCH3 is 1. The molecule has 0 bridgehead atoms. The summed E-state index contributed by atoms with van der Waals surface area (Å²) in [5, 5.41) is 10.4. The minimum absolute atomic E-state index is 0.200. The summed E-state index contributed by atoms with van der Waals surface area (Å²) < 4.78 is 4.59. The van der Waals surface area contributed by atoms with Gasteiger partial charge in [-0.25, -0.2) is 0 Å². The summed E-state index contributed by atoms with van der Waals surface area (Å²) in [5.74, 6) is 5.85. The fourth-order valence-electron chi connectivity index (χ4n) is 2.62. The predicted molar refractivity (Wildman–Crippen MR) is 97.5 cm³/mol. The van der Waals surface area contributed by atoms with Crippen LogP contribution in [0.2, 0.25) is 0 Å². The molecule has 0 aliphatic carbocycles. The summed E-state index contributed by atoms with van der Waals surface area (Å²) in [5.41, 5.74) is 2.23. The number of benzene rings is 1. The maximum Gasteiger partial charge on any atom is 0.305 e. The Kier molecular flexibility index (Phi) is 10.6. The number of rotatable bonds is 10. The van der Waals surface area contributed by atoms with Crippen molar-refractivity contribution in [2.24, 2.45) is 0 Å². The van der Waals surface area contributed by atoms with E-state index in [0.29, 0.717) is 25.7 Å². The zero-order valence-corrected chi connectivity index (χ0v) is 15.0. The van der Waals surface area contributed by atoms with Crippen LogP contribution in [0, 0.1) is 11.8 Å². The van der Waals surface area contributed by atoms with Crippen LogP contribution in [0.3, 0.4) is 0 Å². The number of aliphatic hydroxyl groups is 1. The predicted octanol–water partition coefficient (Wildman–Crippen LogP) is 4.58. The summed E-state index contributed by atoms with van der Waals surface area (Å²) in [6.45, 7) is 2.21. The first kappa shape index (κ1) is 20.3. The number of hydrogen-bond donors (Lipinski definition) is 1. The summed E-state index contributed by atoms with van der Waals surface area (Å²) in [6.07, 6.45) is 7.55. The molecule has 0 radical (unpaired) electrons. The van der Waals surface area contributed by atoms with E-state index in [2.05, 4.69) is 29.6 Å². The largest absolute Gasteiger partial charge is 0.469 e. The third-order valence-corrected chi connectivity index (χ3v) is 4.04. The number of esters is 1. The Morgan fingerprint density at radius 2 is 1.96 bits per heavy atom. The van der Waals surface area contributed by atoms with Crippen molar-refractivity contribution in [3.05, 3.63) is 35.4 Å². The van der Waals surface area contributed by atoms with Gasteiger partial charge in [-0.15, -0.1) is 11.8 Å². The lowest BCUT2D eigenvalue weighted by molar-refractivity contribution is -0.140. The third-order valence-electron chi connectivity index (χ3n) is 4.04. The van der Waals surface area contributed by atoms with Gasteiger partial charge in [0.15, 0.2) is 0 Å². The smallest absolute Gasteiger partial charge is 0.305 e. The Bertz CT molecular complexity index is 540. The molecule has 0 amide bonds. The molecule has 3 heteroatoms. The molecule has 0 aliphatic heterocycles. The van der Waals surface area contributed by atoms with Gasteiger partial charge in [0.25, 0.3) is 0 Å². The molecule has 0 saturated heterocycles. The van der Waals surface area contributed by atoms with Gasteiger partial charge in [0.1, 0.15) is 0 Å². The molecule has 0 heterocycles. The van der Waals surface area contributed by atoms with Crippen LogP contribution in [0.5, 0.6) is 0 Å². The second-order valence-corrected chi connectivity index (χ2v) is 6.01. The van der Waals surface area contributed by atoms with E-state index in [1.807, 2.05) is 18.2 Å². The highest BCUT2D eigenvalue weighted by molar-refractivity contribution is 5.69. The fourth-order valence-corrected chi connectivity index (χ4v) is 2.62. The van der Waals surface area contributed by atoms with E-state index < -0.39 is 6.10 Å². The first-order valence-electron chi connectivity index (χ1n) is 8.97. The maximum atomic E-state index is 11.0. The monoisotopic (exact) mass is 330 g/mol. The van der Waals surface area contributed by atoms with Crippen LogP contribution in [0.15, 0.2) is 24.3 Å². The van der Waals surface area contributed by atoms with Crippen molar-refractivity contribution >= 4 is 5.97 Å². The molecule has 1 aromatic carbocycles. The van der Waals surface area contributed by atoms with E-state index in [1.54, 1.807) is 0 Å². The van der Waals surface area contributed by atoms with E-state index in [0.717, 1.165) is 18.4 Å². The number of hydrogen-bond acceptors (Lipinski definition) is 3. The van der Waals surface area contributed by atoms with Gasteiger partial charge < -0.3 is 9.84 Å². The molecule has 0 saturated carbocycles. The van der Waals surface area contributed by atoms with E-state index in [-0.39, 0.29) is 5.97 Å². The molecule has 1 atom stereocenters. The third kappa shape index (κ3) is 8.17. The molecule has 1 unspecified atom stereocenters. The zero-order chi connectivity index (χ0) is 17.6.